The summed E-state index contributed by atoms with van der Waals surface area (Å²) in [5.74, 6) is 6.37. The van der Waals surface area contributed by atoms with Gasteiger partial charge in [0.25, 0.3) is 0 Å². The van der Waals surface area contributed by atoms with Crippen molar-refractivity contribution in [2.24, 2.45) is 5.92 Å². The molecule has 2 saturated heterocycles. The molecule has 2 rings (SSSR count). The Morgan fingerprint density at radius 1 is 1.24 bits per heavy atom. The molecule has 2 aliphatic rings. The van der Waals surface area contributed by atoms with E-state index >= 15 is 0 Å². The number of carbonyl (C=O) groups is 1. The van der Waals surface area contributed by atoms with E-state index in [4.69, 9.17) is 9.47 Å². The van der Waals surface area contributed by atoms with Crippen LogP contribution in [0.25, 0.3) is 0 Å². The van der Waals surface area contributed by atoms with Crippen LogP contribution >= 0.6 is 0 Å². The van der Waals surface area contributed by atoms with Gasteiger partial charge in [-0.15, -0.1) is 0 Å². The second-order valence-electron chi connectivity index (χ2n) is 6.08. The monoisotopic (exact) mass is 294 g/mol. The van der Waals surface area contributed by atoms with Crippen LogP contribution in [-0.4, -0.2) is 44.9 Å². The molecule has 0 aliphatic carbocycles. The predicted octanol–water partition coefficient (Wildman–Crippen LogP) is 0.807. The molecule has 2 heterocycles. The van der Waals surface area contributed by atoms with Gasteiger partial charge >= 0.3 is 5.97 Å². The zero-order valence-electron chi connectivity index (χ0n) is 13.2. The van der Waals surface area contributed by atoms with Crippen LogP contribution in [0.1, 0.15) is 45.4 Å². The van der Waals surface area contributed by atoms with Crippen molar-refractivity contribution >= 4 is 5.97 Å². The third-order valence-corrected chi connectivity index (χ3v) is 4.30. The lowest BCUT2D eigenvalue weighted by Crippen LogP contribution is -3.14. The Morgan fingerprint density at radius 3 is 2.81 bits per heavy atom. The van der Waals surface area contributed by atoms with Crippen LogP contribution < -0.4 is 4.90 Å². The average molecular weight is 294 g/mol. The van der Waals surface area contributed by atoms with Gasteiger partial charge in [0, 0.05) is 6.42 Å². The van der Waals surface area contributed by atoms with E-state index in [1.165, 1.54) is 17.7 Å². The van der Waals surface area contributed by atoms with Crippen LogP contribution in [0.3, 0.4) is 0 Å². The first-order chi connectivity index (χ1) is 10.3. The Hall–Kier alpha value is -1.05. The number of hydrogen-bond donors (Lipinski definition) is 1. The van der Waals surface area contributed by atoms with E-state index in [0.29, 0.717) is 6.42 Å². The van der Waals surface area contributed by atoms with E-state index in [0.717, 1.165) is 52.1 Å². The highest BCUT2D eigenvalue weighted by molar-refractivity contribution is 5.75. The van der Waals surface area contributed by atoms with Gasteiger partial charge < -0.3 is 14.4 Å². The normalized spacial score (nSPS) is 26.2. The van der Waals surface area contributed by atoms with Gasteiger partial charge in [0.2, 0.25) is 0 Å². The smallest absolute Gasteiger partial charge is 0.310 e. The number of ether oxygens (including phenoxy) is 2. The Labute approximate surface area is 128 Å². The number of rotatable bonds is 6. The number of carbonyl (C=O) groups excluding carboxylic acids is 1. The van der Waals surface area contributed by atoms with Crippen LogP contribution in [0.2, 0.25) is 0 Å². The fourth-order valence-electron chi connectivity index (χ4n) is 2.91. The molecule has 0 aromatic heterocycles. The predicted molar refractivity (Wildman–Crippen MR) is 80.9 cm³/mol. The molecule has 0 bridgehead atoms. The van der Waals surface area contributed by atoms with Gasteiger partial charge in [0.1, 0.15) is 25.7 Å². The number of esters is 1. The molecular formula is C17H28NO3+. The Balaban J connectivity index is 1.65. The van der Waals surface area contributed by atoms with Crippen LogP contribution in [0.4, 0.5) is 0 Å². The highest BCUT2D eigenvalue weighted by Gasteiger charge is 2.33. The molecular weight excluding hydrogens is 266 g/mol. The lowest BCUT2D eigenvalue weighted by molar-refractivity contribution is -0.900. The number of hydrogen-bond acceptors (Lipinski definition) is 3. The minimum Gasteiger partial charge on any atom is -0.462 e. The van der Waals surface area contributed by atoms with Crippen LogP contribution in [-0.2, 0) is 14.3 Å². The van der Waals surface area contributed by atoms with Crippen molar-refractivity contribution < 1.29 is 19.2 Å². The molecule has 2 atom stereocenters. The molecule has 0 spiro atoms. The maximum atomic E-state index is 11.8. The minimum atomic E-state index is -0.0375. The molecule has 2 unspecified atom stereocenters. The van der Waals surface area contributed by atoms with Crippen molar-refractivity contribution in [1.82, 2.24) is 0 Å². The second-order valence-corrected chi connectivity index (χ2v) is 6.08. The van der Waals surface area contributed by atoms with E-state index in [-0.39, 0.29) is 18.0 Å². The summed E-state index contributed by atoms with van der Waals surface area (Å²) >= 11 is 0. The van der Waals surface area contributed by atoms with E-state index in [1.807, 2.05) is 0 Å². The zero-order chi connectivity index (χ0) is 14.9. The van der Waals surface area contributed by atoms with E-state index < -0.39 is 0 Å². The number of quaternary nitrogens is 1. The molecule has 118 valence electrons. The van der Waals surface area contributed by atoms with Crippen LogP contribution in [0.5, 0.6) is 0 Å². The summed E-state index contributed by atoms with van der Waals surface area (Å²) in [6.45, 7) is 6.82. The summed E-state index contributed by atoms with van der Waals surface area (Å²) < 4.78 is 10.8. The van der Waals surface area contributed by atoms with E-state index in [2.05, 4.69) is 18.8 Å². The molecule has 1 N–H and O–H groups in total. The van der Waals surface area contributed by atoms with Gasteiger partial charge in [0.15, 0.2) is 0 Å². The van der Waals surface area contributed by atoms with Gasteiger partial charge in [-0.3, -0.25) is 4.79 Å². The first-order valence-electron chi connectivity index (χ1n) is 8.37. The van der Waals surface area contributed by atoms with Crippen LogP contribution in [0, 0.1) is 17.8 Å². The molecule has 0 aromatic rings. The largest absolute Gasteiger partial charge is 0.462 e. The number of morpholine rings is 1. The summed E-state index contributed by atoms with van der Waals surface area (Å²) in [7, 11) is 0. The molecule has 21 heavy (non-hydrogen) atoms. The highest BCUT2D eigenvalue weighted by Crippen LogP contribution is 2.27. The number of nitrogens with one attached hydrogen (secondary N) is 1. The maximum absolute atomic E-state index is 11.8. The fourth-order valence-corrected chi connectivity index (χ4v) is 2.91. The van der Waals surface area contributed by atoms with Crippen molar-refractivity contribution in [3.63, 3.8) is 0 Å². The van der Waals surface area contributed by atoms with E-state index in [9.17, 15) is 4.79 Å². The Kier molecular flexibility index (Phi) is 7.05. The average Bonchev–Trinajstić information content (AvgIpc) is 2.85. The minimum absolute atomic E-state index is 0.00353. The third-order valence-electron chi connectivity index (χ3n) is 4.30. The molecule has 2 aliphatic heterocycles. The van der Waals surface area contributed by atoms with Crippen LogP contribution in [0.15, 0.2) is 0 Å². The highest BCUT2D eigenvalue weighted by atomic mass is 16.5. The molecule has 0 aromatic carbocycles. The van der Waals surface area contributed by atoms with Gasteiger partial charge in [-0.2, -0.15) is 0 Å². The summed E-state index contributed by atoms with van der Waals surface area (Å²) in [6, 6.07) is 0. The summed E-state index contributed by atoms with van der Waals surface area (Å²) in [5, 5.41) is 0. The fraction of sp³-hybridized carbons (Fsp3) is 0.824. The molecule has 2 fully saturated rings. The Bertz CT molecular complexity index is 379. The third kappa shape index (κ3) is 5.68. The molecule has 0 radical (unpaired) electrons. The zero-order valence-corrected chi connectivity index (χ0v) is 13.2. The van der Waals surface area contributed by atoms with Crippen molar-refractivity contribution in [1.29, 1.82) is 0 Å². The summed E-state index contributed by atoms with van der Waals surface area (Å²) in [6.07, 6.45) is 6.27. The SMILES string of the molecule is CCCCCC1CC(CC#CC[NH+]2CCOCC2)C(=O)O1. The lowest BCUT2D eigenvalue weighted by Gasteiger charge is -2.21. The summed E-state index contributed by atoms with van der Waals surface area (Å²) in [4.78, 5) is 13.3. The molecule has 0 amide bonds. The molecule has 4 nitrogen and oxygen atoms in total. The Morgan fingerprint density at radius 2 is 2.05 bits per heavy atom. The van der Waals surface area contributed by atoms with Gasteiger partial charge in [0.05, 0.1) is 19.1 Å². The molecule has 0 saturated carbocycles. The number of unbranched alkanes of at least 4 members (excludes halogenated alkanes) is 2. The standard InChI is InChI=1S/C17H27NO3/c1-2-3-4-8-16-14-15(17(19)21-16)7-5-6-9-18-10-12-20-13-11-18/h15-16H,2-4,7-14H2,1H3/p+1. The van der Waals surface area contributed by atoms with Gasteiger partial charge in [-0.05, 0) is 25.2 Å². The van der Waals surface area contributed by atoms with Crippen molar-refractivity contribution in [3.8, 4) is 11.8 Å². The topological polar surface area (TPSA) is 40.0 Å². The van der Waals surface area contributed by atoms with Crippen molar-refractivity contribution in [3.05, 3.63) is 0 Å². The van der Waals surface area contributed by atoms with Gasteiger partial charge in [-0.25, -0.2) is 0 Å². The quantitative estimate of drug-likeness (QED) is 0.448. The first kappa shape index (κ1) is 16.3. The summed E-state index contributed by atoms with van der Waals surface area (Å²) in [5.41, 5.74) is 0. The van der Waals surface area contributed by atoms with Crippen molar-refractivity contribution in [2.45, 2.75) is 51.6 Å². The first-order valence-corrected chi connectivity index (χ1v) is 8.37. The maximum Gasteiger partial charge on any atom is 0.310 e. The second kappa shape index (κ2) is 9.07. The number of cyclic esters (lactones) is 1. The van der Waals surface area contributed by atoms with E-state index in [1.54, 1.807) is 0 Å². The van der Waals surface area contributed by atoms with Crippen molar-refractivity contribution in [2.75, 3.05) is 32.8 Å². The molecule has 4 heteroatoms. The lowest BCUT2D eigenvalue weighted by atomic mass is 9.99. The van der Waals surface area contributed by atoms with Gasteiger partial charge in [-0.1, -0.05) is 25.7 Å².